The SMILES string of the molecule is CN1c2cccc3c(O)c(C(=O)NCC(=O)OC(C)(C)C)c(=O)n(c23)CC1c1ccc(C(F)(F)F)cc1. The van der Waals surface area contributed by atoms with E-state index in [9.17, 15) is 32.7 Å². The van der Waals surface area contributed by atoms with E-state index in [1.165, 1.54) is 16.7 Å². The number of alkyl halides is 3. The molecule has 0 radical (unpaired) electrons. The number of hydrogen-bond donors (Lipinski definition) is 2. The van der Waals surface area contributed by atoms with Crippen LogP contribution in [0.3, 0.4) is 0 Å². The number of pyridine rings is 1. The third-order valence-corrected chi connectivity index (χ3v) is 6.10. The van der Waals surface area contributed by atoms with E-state index in [2.05, 4.69) is 5.32 Å². The van der Waals surface area contributed by atoms with Crippen molar-refractivity contribution in [1.29, 1.82) is 0 Å². The number of carbonyl (C=O) groups excluding carboxylic acids is 2. The number of carbonyl (C=O) groups is 2. The predicted octanol–water partition coefficient (Wildman–Crippen LogP) is 3.99. The van der Waals surface area contributed by atoms with Gasteiger partial charge in [0.25, 0.3) is 11.5 Å². The highest BCUT2D eigenvalue weighted by Crippen LogP contribution is 2.40. The van der Waals surface area contributed by atoms with Crippen LogP contribution in [-0.2, 0) is 22.3 Å². The molecule has 2 heterocycles. The standard InChI is InChI=1S/C26H26F3N3O5/c1-25(2,3)37-19(33)12-30-23(35)20-22(34)16-6-5-7-17-21(16)32(24(20)36)13-18(31(17)4)14-8-10-15(11-9-14)26(27,28)29/h5-11,18,34H,12-13H2,1-4H3,(H,30,35). The normalized spacial score (nSPS) is 15.5. The van der Waals surface area contributed by atoms with Crippen molar-refractivity contribution < 1.29 is 32.6 Å². The summed E-state index contributed by atoms with van der Waals surface area (Å²) in [5.74, 6) is -2.19. The van der Waals surface area contributed by atoms with E-state index in [0.717, 1.165) is 12.1 Å². The summed E-state index contributed by atoms with van der Waals surface area (Å²) in [6.45, 7) is 4.51. The van der Waals surface area contributed by atoms with E-state index in [1.54, 1.807) is 46.0 Å². The van der Waals surface area contributed by atoms with Crippen LogP contribution in [0.15, 0.2) is 47.3 Å². The van der Waals surface area contributed by atoms with Gasteiger partial charge in [-0.05, 0) is 50.6 Å². The molecule has 11 heteroatoms. The van der Waals surface area contributed by atoms with Crippen molar-refractivity contribution in [3.05, 3.63) is 69.5 Å². The molecule has 2 aromatic carbocycles. The number of esters is 1. The van der Waals surface area contributed by atoms with Crippen molar-refractivity contribution in [3.63, 3.8) is 0 Å². The topological polar surface area (TPSA) is 101 Å². The number of halogens is 3. The van der Waals surface area contributed by atoms with E-state index in [-0.39, 0.29) is 11.9 Å². The highest BCUT2D eigenvalue weighted by Gasteiger charge is 2.33. The molecule has 1 aromatic heterocycles. The van der Waals surface area contributed by atoms with Gasteiger partial charge in [-0.15, -0.1) is 0 Å². The maximum Gasteiger partial charge on any atom is 0.416 e. The Morgan fingerprint density at radius 2 is 1.76 bits per heavy atom. The van der Waals surface area contributed by atoms with Crippen LogP contribution in [-0.4, -0.2) is 40.7 Å². The molecule has 1 aliphatic heterocycles. The Hall–Kier alpha value is -4.02. The number of ether oxygens (including phenoxy) is 1. The van der Waals surface area contributed by atoms with Gasteiger partial charge in [-0.2, -0.15) is 13.2 Å². The predicted molar refractivity (Wildman–Crippen MR) is 131 cm³/mol. The van der Waals surface area contributed by atoms with E-state index in [4.69, 9.17) is 4.74 Å². The Balaban J connectivity index is 1.73. The Bertz CT molecular complexity index is 1440. The highest BCUT2D eigenvalue weighted by molar-refractivity contribution is 6.05. The van der Waals surface area contributed by atoms with Crippen LogP contribution >= 0.6 is 0 Å². The fourth-order valence-electron chi connectivity index (χ4n) is 4.45. The van der Waals surface area contributed by atoms with Crippen molar-refractivity contribution in [2.45, 2.75) is 45.1 Å². The number of aromatic nitrogens is 1. The molecule has 1 amide bonds. The molecule has 196 valence electrons. The Kier molecular flexibility index (Phi) is 6.43. The molecule has 4 rings (SSSR count). The van der Waals surface area contributed by atoms with Gasteiger partial charge >= 0.3 is 12.1 Å². The molecule has 0 fully saturated rings. The maximum absolute atomic E-state index is 13.5. The molecule has 1 atom stereocenters. The van der Waals surface area contributed by atoms with Gasteiger partial charge in [-0.1, -0.05) is 18.2 Å². The van der Waals surface area contributed by atoms with Crippen LogP contribution in [0.1, 0.15) is 48.3 Å². The first-order chi connectivity index (χ1) is 17.2. The molecule has 0 aliphatic carbocycles. The third-order valence-electron chi connectivity index (χ3n) is 6.10. The van der Waals surface area contributed by atoms with Gasteiger partial charge in [-0.3, -0.25) is 14.4 Å². The average molecular weight is 518 g/mol. The number of amides is 1. The molecule has 0 spiro atoms. The van der Waals surface area contributed by atoms with Gasteiger partial charge in [0.2, 0.25) is 0 Å². The van der Waals surface area contributed by atoms with Gasteiger partial charge in [0.1, 0.15) is 23.5 Å². The second-order valence-corrected chi connectivity index (χ2v) is 9.83. The summed E-state index contributed by atoms with van der Waals surface area (Å²) in [5.41, 5.74) is -1.40. The zero-order valence-electron chi connectivity index (χ0n) is 20.6. The zero-order valence-corrected chi connectivity index (χ0v) is 20.6. The summed E-state index contributed by atoms with van der Waals surface area (Å²) in [4.78, 5) is 40.2. The summed E-state index contributed by atoms with van der Waals surface area (Å²) >= 11 is 0. The van der Waals surface area contributed by atoms with Crippen LogP contribution in [0, 0.1) is 0 Å². The van der Waals surface area contributed by atoms with E-state index in [0.29, 0.717) is 16.8 Å². The van der Waals surface area contributed by atoms with Crippen LogP contribution in [0.4, 0.5) is 18.9 Å². The van der Waals surface area contributed by atoms with E-state index in [1.807, 2.05) is 4.90 Å². The van der Waals surface area contributed by atoms with Gasteiger partial charge in [0.05, 0.1) is 29.4 Å². The molecule has 0 saturated heterocycles. The zero-order chi connectivity index (χ0) is 27.3. The second kappa shape index (κ2) is 9.13. The van der Waals surface area contributed by atoms with Gasteiger partial charge in [0.15, 0.2) is 0 Å². The second-order valence-electron chi connectivity index (χ2n) is 9.83. The monoisotopic (exact) mass is 517 g/mol. The van der Waals surface area contributed by atoms with Crippen LogP contribution < -0.4 is 15.8 Å². The number of nitrogens with one attached hydrogen (secondary N) is 1. The molecule has 2 N–H and O–H groups in total. The molecule has 1 aliphatic rings. The molecular formula is C26H26F3N3O5. The smallest absolute Gasteiger partial charge is 0.416 e. The van der Waals surface area contributed by atoms with Crippen molar-refractivity contribution in [2.75, 3.05) is 18.5 Å². The summed E-state index contributed by atoms with van der Waals surface area (Å²) in [5, 5.41) is 13.4. The summed E-state index contributed by atoms with van der Waals surface area (Å²) in [7, 11) is 1.74. The Morgan fingerprint density at radius 1 is 1.11 bits per heavy atom. The maximum atomic E-state index is 13.5. The van der Waals surface area contributed by atoms with Crippen LogP contribution in [0.5, 0.6) is 5.75 Å². The fraction of sp³-hybridized carbons (Fsp3) is 0.346. The summed E-state index contributed by atoms with van der Waals surface area (Å²) < 4.78 is 45.6. The number of anilines is 1. The number of para-hydroxylation sites is 1. The number of nitrogens with zero attached hydrogens (tertiary/aromatic N) is 2. The number of aromatic hydroxyl groups is 1. The first-order valence-corrected chi connectivity index (χ1v) is 11.5. The first kappa shape index (κ1) is 26.1. The molecule has 8 nitrogen and oxygen atoms in total. The Labute approximate surface area is 210 Å². The van der Waals surface area contributed by atoms with Crippen LogP contribution in [0.25, 0.3) is 10.9 Å². The number of benzene rings is 2. The average Bonchev–Trinajstić information content (AvgIpc) is 2.80. The quantitative estimate of drug-likeness (QED) is 0.508. The molecule has 0 bridgehead atoms. The molecule has 0 saturated carbocycles. The number of hydrogen-bond acceptors (Lipinski definition) is 6. The van der Waals surface area contributed by atoms with Crippen molar-refractivity contribution in [3.8, 4) is 5.75 Å². The van der Waals surface area contributed by atoms with Crippen molar-refractivity contribution >= 4 is 28.5 Å². The highest BCUT2D eigenvalue weighted by atomic mass is 19.4. The lowest BCUT2D eigenvalue weighted by Gasteiger charge is -2.37. The van der Waals surface area contributed by atoms with Crippen LogP contribution in [0.2, 0.25) is 0 Å². The third kappa shape index (κ3) is 4.98. The van der Waals surface area contributed by atoms with E-state index < -0.39 is 58.7 Å². The fourth-order valence-corrected chi connectivity index (χ4v) is 4.45. The first-order valence-electron chi connectivity index (χ1n) is 11.5. The molecule has 1 unspecified atom stereocenters. The lowest BCUT2D eigenvalue weighted by molar-refractivity contribution is -0.153. The van der Waals surface area contributed by atoms with Gasteiger partial charge < -0.3 is 24.6 Å². The summed E-state index contributed by atoms with van der Waals surface area (Å²) in [6.07, 6.45) is -4.48. The van der Waals surface area contributed by atoms with E-state index >= 15 is 0 Å². The van der Waals surface area contributed by atoms with Crippen molar-refractivity contribution in [2.24, 2.45) is 0 Å². The van der Waals surface area contributed by atoms with Gasteiger partial charge in [-0.25, -0.2) is 0 Å². The largest absolute Gasteiger partial charge is 0.506 e. The Morgan fingerprint density at radius 3 is 2.35 bits per heavy atom. The van der Waals surface area contributed by atoms with Crippen molar-refractivity contribution in [1.82, 2.24) is 9.88 Å². The molecule has 3 aromatic rings. The molecular weight excluding hydrogens is 491 g/mol. The number of likely N-dealkylation sites (N-methyl/N-ethyl adjacent to an activating group) is 1. The minimum atomic E-state index is -4.48. The van der Waals surface area contributed by atoms with Gasteiger partial charge in [0, 0.05) is 12.4 Å². The minimum absolute atomic E-state index is 0.0147. The minimum Gasteiger partial charge on any atom is -0.506 e. The number of rotatable bonds is 4. The summed E-state index contributed by atoms with van der Waals surface area (Å²) in [6, 6.07) is 9.06. The molecule has 37 heavy (non-hydrogen) atoms. The lowest BCUT2D eigenvalue weighted by atomic mass is 9.98. The lowest BCUT2D eigenvalue weighted by Crippen LogP contribution is -2.41.